The number of thiophene rings is 1. The van der Waals surface area contributed by atoms with Crippen LogP contribution in [0.25, 0.3) is 0 Å². The number of anilines is 1. The van der Waals surface area contributed by atoms with E-state index in [2.05, 4.69) is 9.88 Å². The lowest BCUT2D eigenvalue weighted by Crippen LogP contribution is -2.17. The largest absolute Gasteiger partial charge is 0.493 e. The zero-order valence-electron chi connectivity index (χ0n) is 19.2. The monoisotopic (exact) mass is 564 g/mol. The van der Waals surface area contributed by atoms with Crippen molar-refractivity contribution in [1.82, 2.24) is 5.16 Å². The van der Waals surface area contributed by atoms with Crippen LogP contribution in [0.2, 0.25) is 5.02 Å². The second-order valence-corrected chi connectivity index (χ2v) is 12.1. The van der Waals surface area contributed by atoms with E-state index in [-0.39, 0.29) is 54.1 Å². The molecule has 15 heteroatoms. The highest BCUT2D eigenvalue weighted by Gasteiger charge is 2.31. The molecular weight excluding hydrogens is 544 g/mol. The molecule has 1 N–H and O–H groups in total. The molecule has 0 unspecified atom stereocenters. The van der Waals surface area contributed by atoms with E-state index in [1.807, 2.05) is 0 Å². The number of aryl methyl sites for hydroxylation is 1. The number of hydrogen-bond acceptors (Lipinski definition) is 11. The molecular formula is C20H21ClN2O9S3. The van der Waals surface area contributed by atoms with Gasteiger partial charge in [-0.05, 0) is 18.4 Å². The number of halogens is 1. The summed E-state index contributed by atoms with van der Waals surface area (Å²) < 4.78 is 74.0. The predicted molar refractivity (Wildman–Crippen MR) is 129 cm³/mol. The number of sulfone groups is 1. The molecule has 3 aromatic rings. The van der Waals surface area contributed by atoms with Gasteiger partial charge in [-0.25, -0.2) is 21.6 Å². The van der Waals surface area contributed by atoms with Crippen LogP contribution in [0.3, 0.4) is 0 Å². The van der Waals surface area contributed by atoms with Crippen molar-refractivity contribution < 1.29 is 40.4 Å². The number of carbonyl (C=O) groups excluding carboxylic acids is 1. The third-order valence-corrected chi connectivity index (χ3v) is 8.88. The molecule has 0 aliphatic carbocycles. The lowest BCUT2D eigenvalue weighted by Gasteiger charge is -2.18. The average Bonchev–Trinajstić information content (AvgIpc) is 3.41. The van der Waals surface area contributed by atoms with Crippen molar-refractivity contribution in [3.05, 3.63) is 38.7 Å². The molecule has 0 bridgehead atoms. The van der Waals surface area contributed by atoms with Crippen molar-refractivity contribution in [2.75, 3.05) is 32.3 Å². The average molecular weight is 565 g/mol. The number of sulfonamides is 1. The number of aromatic nitrogens is 1. The van der Waals surface area contributed by atoms with E-state index >= 15 is 0 Å². The summed E-state index contributed by atoms with van der Waals surface area (Å²) in [5, 5.41) is 4.98. The van der Waals surface area contributed by atoms with Crippen LogP contribution in [0.4, 0.5) is 5.88 Å². The maximum absolute atomic E-state index is 13.3. The number of Topliss-reactive ketones (excluding diaryl/α,β-unsaturated/α-hetero) is 1. The molecule has 0 saturated carbocycles. The second kappa shape index (κ2) is 10.0. The fourth-order valence-electron chi connectivity index (χ4n) is 3.24. The number of carbonyl (C=O) groups is 1. The van der Waals surface area contributed by atoms with Crippen molar-refractivity contribution in [3.63, 3.8) is 0 Å². The molecule has 0 spiro atoms. The molecule has 3 rings (SSSR count). The lowest BCUT2D eigenvalue weighted by molar-refractivity contribution is 0.0992. The molecule has 11 nitrogen and oxygen atoms in total. The van der Waals surface area contributed by atoms with E-state index in [9.17, 15) is 21.6 Å². The smallest absolute Gasteiger partial charge is 0.265 e. The zero-order chi connectivity index (χ0) is 26.1. The summed E-state index contributed by atoms with van der Waals surface area (Å²) in [5.74, 6) is -0.820. The molecule has 2 aromatic heterocycles. The Hall–Kier alpha value is -2.81. The Morgan fingerprint density at radius 1 is 1.11 bits per heavy atom. The minimum Gasteiger partial charge on any atom is -0.493 e. The van der Waals surface area contributed by atoms with Gasteiger partial charge < -0.3 is 18.7 Å². The Balaban J connectivity index is 2.08. The van der Waals surface area contributed by atoms with Gasteiger partial charge in [0.15, 0.2) is 27.1 Å². The topological polar surface area (TPSA) is 151 Å². The normalized spacial score (nSPS) is 11.8. The van der Waals surface area contributed by atoms with Crippen molar-refractivity contribution in [2.45, 2.75) is 23.1 Å². The summed E-state index contributed by atoms with van der Waals surface area (Å²) in [6.45, 7) is 1.53. The number of ketones is 1. The second-order valence-electron chi connectivity index (χ2n) is 7.12. The van der Waals surface area contributed by atoms with Gasteiger partial charge in [-0.15, -0.1) is 11.3 Å². The third-order valence-electron chi connectivity index (χ3n) is 4.82. The Morgan fingerprint density at radius 2 is 1.77 bits per heavy atom. The standard InChI is InChI=1S/C20H21ClN2O9S3/c1-10-16(21)20(32-22-10)23-35(27,28)14-6-7-33-19(14)12(24)8-11-15(34(5,25)26)9-13(29-2)18(31-4)17(11)30-3/h6-7,9,23H,8H2,1-5H3. The Kier molecular flexibility index (Phi) is 7.69. The van der Waals surface area contributed by atoms with Crippen molar-refractivity contribution in [1.29, 1.82) is 0 Å². The summed E-state index contributed by atoms with van der Waals surface area (Å²) in [6.07, 6.45) is 0.465. The van der Waals surface area contributed by atoms with Gasteiger partial charge in [0.05, 0.1) is 31.1 Å². The van der Waals surface area contributed by atoms with Crippen molar-refractivity contribution in [2.24, 2.45) is 0 Å². The fourth-order valence-corrected chi connectivity index (χ4v) is 6.74. The van der Waals surface area contributed by atoms with E-state index in [0.717, 1.165) is 17.6 Å². The van der Waals surface area contributed by atoms with Crippen LogP contribution in [0.5, 0.6) is 17.2 Å². The quantitative estimate of drug-likeness (QED) is 0.363. The summed E-state index contributed by atoms with van der Waals surface area (Å²) in [4.78, 5) is 12.6. The molecule has 0 atom stereocenters. The lowest BCUT2D eigenvalue weighted by atomic mass is 10.1. The molecule has 190 valence electrons. The molecule has 0 radical (unpaired) electrons. The maximum Gasteiger partial charge on any atom is 0.265 e. The Labute approximate surface area is 210 Å². The van der Waals surface area contributed by atoms with Crippen LogP contribution in [-0.4, -0.2) is 55.4 Å². The van der Waals surface area contributed by atoms with Crippen LogP contribution in [0, 0.1) is 6.92 Å². The number of nitrogens with zero attached hydrogens (tertiary/aromatic N) is 1. The molecule has 0 aliphatic rings. The van der Waals surface area contributed by atoms with E-state index in [1.165, 1.54) is 45.8 Å². The molecule has 0 amide bonds. The van der Waals surface area contributed by atoms with Crippen LogP contribution >= 0.6 is 22.9 Å². The van der Waals surface area contributed by atoms with Gasteiger partial charge in [0.25, 0.3) is 15.9 Å². The van der Waals surface area contributed by atoms with E-state index in [0.29, 0.717) is 0 Å². The first kappa shape index (κ1) is 26.8. The van der Waals surface area contributed by atoms with Gasteiger partial charge in [0, 0.05) is 24.3 Å². The number of benzene rings is 1. The molecule has 0 fully saturated rings. The minimum atomic E-state index is -4.30. The summed E-state index contributed by atoms with van der Waals surface area (Å²) in [7, 11) is -4.21. The van der Waals surface area contributed by atoms with Gasteiger partial charge >= 0.3 is 0 Å². The number of ether oxygens (including phenoxy) is 3. The number of hydrogen-bond donors (Lipinski definition) is 1. The van der Waals surface area contributed by atoms with Gasteiger partial charge in [-0.3, -0.25) is 4.79 Å². The van der Waals surface area contributed by atoms with Crippen molar-refractivity contribution >= 4 is 54.5 Å². The molecule has 0 aliphatic heterocycles. The highest BCUT2D eigenvalue weighted by atomic mass is 35.5. The summed E-state index contributed by atoms with van der Waals surface area (Å²) in [5.41, 5.74) is 0.274. The SMILES string of the molecule is COc1cc(S(C)(=O)=O)c(CC(=O)c2sccc2S(=O)(=O)Nc2onc(C)c2Cl)c(OC)c1OC. The minimum absolute atomic E-state index is 0.00346. The molecule has 1 aromatic carbocycles. The molecule has 0 saturated heterocycles. The van der Waals surface area contributed by atoms with Gasteiger partial charge in [0.1, 0.15) is 15.6 Å². The number of nitrogens with one attached hydrogen (secondary N) is 1. The van der Waals surface area contributed by atoms with E-state index in [1.54, 1.807) is 0 Å². The van der Waals surface area contributed by atoms with E-state index < -0.39 is 32.1 Å². The predicted octanol–water partition coefficient (Wildman–Crippen LogP) is 3.35. The number of rotatable bonds is 10. The Morgan fingerprint density at radius 3 is 2.29 bits per heavy atom. The third kappa shape index (κ3) is 5.24. The van der Waals surface area contributed by atoms with E-state index in [4.69, 9.17) is 30.3 Å². The molecule has 35 heavy (non-hydrogen) atoms. The van der Waals surface area contributed by atoms with Crippen molar-refractivity contribution in [3.8, 4) is 17.2 Å². The Bertz CT molecular complexity index is 1490. The van der Waals surface area contributed by atoms with Gasteiger partial charge in [-0.2, -0.15) is 0 Å². The van der Waals surface area contributed by atoms with Crippen LogP contribution < -0.4 is 18.9 Å². The zero-order valence-corrected chi connectivity index (χ0v) is 22.4. The van der Waals surface area contributed by atoms with Gasteiger partial charge in [-0.1, -0.05) is 16.8 Å². The first-order chi connectivity index (χ1) is 16.3. The first-order valence-electron chi connectivity index (χ1n) is 9.62. The van der Waals surface area contributed by atoms with Gasteiger partial charge in [0.2, 0.25) is 5.75 Å². The highest BCUT2D eigenvalue weighted by molar-refractivity contribution is 7.93. The summed E-state index contributed by atoms with van der Waals surface area (Å²) >= 11 is 6.87. The maximum atomic E-state index is 13.3. The van der Waals surface area contributed by atoms with Crippen LogP contribution in [0.1, 0.15) is 20.9 Å². The number of methoxy groups -OCH3 is 3. The summed E-state index contributed by atoms with van der Waals surface area (Å²) in [6, 6.07) is 2.46. The highest BCUT2D eigenvalue weighted by Crippen LogP contribution is 2.44. The molecule has 2 heterocycles. The van der Waals surface area contributed by atoms with Crippen LogP contribution in [-0.2, 0) is 26.3 Å². The fraction of sp³-hybridized carbons (Fsp3) is 0.300. The van der Waals surface area contributed by atoms with Crippen LogP contribution in [0.15, 0.2) is 31.8 Å². The first-order valence-corrected chi connectivity index (χ1v) is 14.3.